The summed E-state index contributed by atoms with van der Waals surface area (Å²) < 4.78 is 0. The van der Waals surface area contributed by atoms with E-state index in [0.717, 1.165) is 40.5 Å². The van der Waals surface area contributed by atoms with Crippen molar-refractivity contribution in [3.8, 4) is 11.4 Å². The van der Waals surface area contributed by atoms with Crippen molar-refractivity contribution in [3.63, 3.8) is 0 Å². The first-order chi connectivity index (χ1) is 12.6. The molecule has 0 aliphatic carbocycles. The Morgan fingerprint density at radius 1 is 1.15 bits per heavy atom. The van der Waals surface area contributed by atoms with E-state index in [-0.39, 0.29) is 5.56 Å². The minimum Gasteiger partial charge on any atom is -0.306 e. The maximum Gasteiger partial charge on any atom is 0.254 e. The lowest BCUT2D eigenvalue weighted by Crippen LogP contribution is -2.35. The first-order valence-electron chi connectivity index (χ1n) is 8.75. The van der Waals surface area contributed by atoms with Crippen molar-refractivity contribution in [1.29, 1.82) is 0 Å². The Bertz CT molecular complexity index is 995. The normalized spacial score (nSPS) is 14.2. The van der Waals surface area contributed by atoms with Crippen molar-refractivity contribution in [2.75, 3.05) is 6.54 Å². The standard InChI is InChI=1S/C21H20ClN3O/c1-14-6-8-15(9-7-14)20-23-19-13-25(11-10-17(19)21(26)24-20)12-16-4-2-3-5-18(16)22/h2-9H,10-13H2,1H3,(H,23,24,26). The quantitative estimate of drug-likeness (QED) is 0.764. The third-order valence-corrected chi connectivity index (χ3v) is 5.20. The van der Waals surface area contributed by atoms with Crippen molar-refractivity contribution < 1.29 is 0 Å². The molecule has 0 saturated carbocycles. The zero-order valence-corrected chi connectivity index (χ0v) is 15.4. The molecular formula is C21H20ClN3O. The van der Waals surface area contributed by atoms with Crippen molar-refractivity contribution in [1.82, 2.24) is 14.9 Å². The van der Waals surface area contributed by atoms with E-state index in [1.807, 2.05) is 55.5 Å². The Morgan fingerprint density at radius 2 is 1.92 bits per heavy atom. The van der Waals surface area contributed by atoms with Crippen molar-refractivity contribution >= 4 is 11.6 Å². The van der Waals surface area contributed by atoms with Crippen LogP contribution in [0.4, 0.5) is 0 Å². The number of aromatic nitrogens is 2. The lowest BCUT2D eigenvalue weighted by atomic mass is 10.0. The van der Waals surface area contributed by atoms with E-state index in [2.05, 4.69) is 9.88 Å². The van der Waals surface area contributed by atoms with Crippen LogP contribution in [0, 0.1) is 6.92 Å². The van der Waals surface area contributed by atoms with Crippen LogP contribution in [0.15, 0.2) is 53.3 Å². The number of aromatic amines is 1. The lowest BCUT2D eigenvalue weighted by Gasteiger charge is -2.28. The van der Waals surface area contributed by atoms with E-state index < -0.39 is 0 Å². The predicted octanol–water partition coefficient (Wildman–Crippen LogP) is 3.96. The topological polar surface area (TPSA) is 49.0 Å². The molecule has 5 heteroatoms. The van der Waals surface area contributed by atoms with E-state index in [0.29, 0.717) is 18.8 Å². The highest BCUT2D eigenvalue weighted by atomic mass is 35.5. The fourth-order valence-corrected chi connectivity index (χ4v) is 3.54. The van der Waals surface area contributed by atoms with Crippen molar-refractivity contribution in [3.05, 3.63) is 86.3 Å². The third kappa shape index (κ3) is 3.43. The molecule has 0 radical (unpaired) electrons. The summed E-state index contributed by atoms with van der Waals surface area (Å²) in [4.78, 5) is 22.5. The summed E-state index contributed by atoms with van der Waals surface area (Å²) in [6.07, 6.45) is 0.705. The number of rotatable bonds is 3. The highest BCUT2D eigenvalue weighted by Crippen LogP contribution is 2.22. The van der Waals surface area contributed by atoms with E-state index >= 15 is 0 Å². The fraction of sp³-hybridized carbons (Fsp3) is 0.238. The SMILES string of the molecule is Cc1ccc(-c2nc3c(c(=O)[nH]2)CCN(Cc2ccccc2Cl)C3)cc1. The van der Waals surface area contributed by atoms with Gasteiger partial charge in [0.25, 0.3) is 5.56 Å². The van der Waals surface area contributed by atoms with E-state index in [1.54, 1.807) is 0 Å². The van der Waals surface area contributed by atoms with Crippen molar-refractivity contribution in [2.24, 2.45) is 0 Å². The van der Waals surface area contributed by atoms with E-state index in [9.17, 15) is 4.79 Å². The Morgan fingerprint density at radius 3 is 2.69 bits per heavy atom. The molecule has 1 aliphatic heterocycles. The van der Waals surface area contributed by atoms with Crippen LogP contribution in [-0.4, -0.2) is 21.4 Å². The Labute approximate surface area is 157 Å². The Kier molecular flexibility index (Phi) is 4.62. The average molecular weight is 366 g/mol. The second kappa shape index (κ2) is 7.06. The Balaban J connectivity index is 1.62. The Hall–Kier alpha value is -2.43. The number of fused-ring (bicyclic) bond motifs is 1. The van der Waals surface area contributed by atoms with Gasteiger partial charge in [-0.1, -0.05) is 59.6 Å². The molecule has 0 fully saturated rings. The molecule has 0 amide bonds. The van der Waals surface area contributed by atoms with Gasteiger partial charge >= 0.3 is 0 Å². The number of nitrogens with one attached hydrogen (secondary N) is 1. The number of halogens is 1. The van der Waals surface area contributed by atoms with Gasteiger partial charge in [-0.05, 0) is 25.0 Å². The molecule has 1 aromatic heterocycles. The maximum atomic E-state index is 12.5. The van der Waals surface area contributed by atoms with Gasteiger partial charge in [-0.15, -0.1) is 0 Å². The van der Waals surface area contributed by atoms with Crippen LogP contribution in [0.3, 0.4) is 0 Å². The molecular weight excluding hydrogens is 346 g/mol. The molecule has 1 aliphatic rings. The van der Waals surface area contributed by atoms with Crippen LogP contribution in [-0.2, 0) is 19.5 Å². The molecule has 0 atom stereocenters. The summed E-state index contributed by atoms with van der Waals surface area (Å²) >= 11 is 6.29. The van der Waals surface area contributed by atoms with Gasteiger partial charge in [0, 0.05) is 35.8 Å². The van der Waals surface area contributed by atoms with Gasteiger partial charge in [0.2, 0.25) is 0 Å². The van der Waals surface area contributed by atoms with Gasteiger partial charge in [-0.25, -0.2) is 4.98 Å². The smallest absolute Gasteiger partial charge is 0.254 e. The summed E-state index contributed by atoms with van der Waals surface area (Å²) in [5.41, 5.74) is 4.85. The van der Waals surface area contributed by atoms with Gasteiger partial charge < -0.3 is 4.98 Å². The molecule has 0 bridgehead atoms. The van der Waals surface area contributed by atoms with Crippen molar-refractivity contribution in [2.45, 2.75) is 26.4 Å². The number of H-pyrrole nitrogens is 1. The predicted molar refractivity (Wildman–Crippen MR) is 104 cm³/mol. The second-order valence-corrected chi connectivity index (χ2v) is 7.17. The summed E-state index contributed by atoms with van der Waals surface area (Å²) in [5.74, 6) is 0.633. The fourth-order valence-electron chi connectivity index (χ4n) is 3.34. The van der Waals surface area contributed by atoms with Crippen LogP contribution < -0.4 is 5.56 Å². The number of benzene rings is 2. The molecule has 1 N–H and O–H groups in total. The van der Waals surface area contributed by atoms with Crippen LogP contribution in [0.5, 0.6) is 0 Å². The van der Waals surface area contributed by atoms with Crippen LogP contribution in [0.2, 0.25) is 5.02 Å². The minimum atomic E-state index is -0.0250. The molecule has 4 rings (SSSR count). The summed E-state index contributed by atoms with van der Waals surface area (Å²) in [5, 5.41) is 0.775. The molecule has 26 heavy (non-hydrogen) atoms. The molecule has 0 unspecified atom stereocenters. The molecule has 132 valence electrons. The molecule has 0 spiro atoms. The molecule has 4 nitrogen and oxygen atoms in total. The van der Waals surface area contributed by atoms with Gasteiger partial charge in [0.1, 0.15) is 5.82 Å². The first kappa shape index (κ1) is 17.0. The largest absolute Gasteiger partial charge is 0.306 e. The maximum absolute atomic E-state index is 12.5. The molecule has 3 aromatic rings. The number of hydrogen-bond donors (Lipinski definition) is 1. The molecule has 0 saturated heterocycles. The summed E-state index contributed by atoms with van der Waals surface area (Å²) in [7, 11) is 0. The number of hydrogen-bond acceptors (Lipinski definition) is 3. The third-order valence-electron chi connectivity index (χ3n) is 4.83. The average Bonchev–Trinajstić information content (AvgIpc) is 2.64. The van der Waals surface area contributed by atoms with Gasteiger partial charge in [-0.2, -0.15) is 0 Å². The summed E-state index contributed by atoms with van der Waals surface area (Å²) in [6, 6.07) is 15.9. The monoisotopic (exact) mass is 365 g/mol. The highest BCUT2D eigenvalue weighted by molar-refractivity contribution is 6.31. The lowest BCUT2D eigenvalue weighted by molar-refractivity contribution is 0.240. The van der Waals surface area contributed by atoms with Gasteiger partial charge in [0.05, 0.1) is 5.69 Å². The van der Waals surface area contributed by atoms with Gasteiger partial charge in [-0.3, -0.25) is 9.69 Å². The second-order valence-electron chi connectivity index (χ2n) is 6.76. The molecule has 2 heterocycles. The number of nitrogens with zero attached hydrogens (tertiary/aromatic N) is 2. The van der Waals surface area contributed by atoms with Gasteiger partial charge in [0.15, 0.2) is 0 Å². The van der Waals surface area contributed by atoms with Crippen LogP contribution in [0.25, 0.3) is 11.4 Å². The number of aryl methyl sites for hydroxylation is 1. The highest BCUT2D eigenvalue weighted by Gasteiger charge is 2.22. The minimum absolute atomic E-state index is 0.0250. The van der Waals surface area contributed by atoms with Crippen LogP contribution >= 0.6 is 11.6 Å². The summed E-state index contributed by atoms with van der Waals surface area (Å²) in [6.45, 7) is 4.28. The zero-order valence-electron chi connectivity index (χ0n) is 14.6. The van der Waals surface area contributed by atoms with E-state index in [1.165, 1.54) is 5.56 Å². The van der Waals surface area contributed by atoms with Crippen LogP contribution in [0.1, 0.15) is 22.4 Å². The molecule has 2 aromatic carbocycles. The zero-order chi connectivity index (χ0) is 18.1. The first-order valence-corrected chi connectivity index (χ1v) is 9.13. The van der Waals surface area contributed by atoms with E-state index in [4.69, 9.17) is 16.6 Å².